The van der Waals surface area contributed by atoms with Gasteiger partial charge in [-0.1, -0.05) is 48.5 Å². The van der Waals surface area contributed by atoms with Crippen LogP contribution in [0.15, 0.2) is 48.5 Å². The van der Waals surface area contributed by atoms with E-state index in [0.29, 0.717) is 6.54 Å². The van der Waals surface area contributed by atoms with Crippen molar-refractivity contribution in [3.05, 3.63) is 70.8 Å². The summed E-state index contributed by atoms with van der Waals surface area (Å²) in [5, 5.41) is 0. The van der Waals surface area contributed by atoms with Crippen molar-refractivity contribution < 1.29 is 0 Å². The summed E-state index contributed by atoms with van der Waals surface area (Å²) in [6.45, 7) is 5.97. The molecule has 0 saturated heterocycles. The van der Waals surface area contributed by atoms with E-state index in [9.17, 15) is 0 Å². The molecule has 21 heavy (non-hydrogen) atoms. The fourth-order valence-electron chi connectivity index (χ4n) is 2.65. The Morgan fingerprint density at radius 3 is 2.33 bits per heavy atom. The van der Waals surface area contributed by atoms with Gasteiger partial charge in [0.15, 0.2) is 0 Å². The Balaban J connectivity index is 2.04. The van der Waals surface area contributed by atoms with Gasteiger partial charge in [-0.25, -0.2) is 0 Å². The average Bonchev–Trinajstić information content (AvgIpc) is 2.50. The average molecular weight is 282 g/mol. The van der Waals surface area contributed by atoms with E-state index in [4.69, 9.17) is 5.73 Å². The molecule has 0 spiro atoms. The molecule has 0 aliphatic heterocycles. The van der Waals surface area contributed by atoms with Crippen LogP contribution in [0.1, 0.15) is 28.3 Å². The van der Waals surface area contributed by atoms with Crippen molar-refractivity contribution >= 4 is 0 Å². The van der Waals surface area contributed by atoms with Crippen LogP contribution in [0, 0.1) is 13.8 Å². The molecule has 0 aliphatic rings. The first-order valence-corrected chi connectivity index (χ1v) is 7.63. The lowest BCUT2D eigenvalue weighted by atomic mass is 10.00. The molecule has 2 nitrogen and oxygen atoms in total. The van der Waals surface area contributed by atoms with Crippen molar-refractivity contribution in [2.45, 2.75) is 26.3 Å². The summed E-state index contributed by atoms with van der Waals surface area (Å²) in [6.07, 6.45) is 1.05. The highest BCUT2D eigenvalue weighted by Gasteiger charge is 2.15. The van der Waals surface area contributed by atoms with Crippen molar-refractivity contribution in [3.8, 4) is 0 Å². The van der Waals surface area contributed by atoms with Crippen LogP contribution in [0.3, 0.4) is 0 Å². The lowest BCUT2D eigenvalue weighted by Crippen LogP contribution is -2.32. The van der Waals surface area contributed by atoms with E-state index in [1.807, 2.05) is 0 Å². The van der Waals surface area contributed by atoms with Gasteiger partial charge in [0.05, 0.1) is 0 Å². The molecular weight excluding hydrogens is 256 g/mol. The Labute approximate surface area is 128 Å². The largest absolute Gasteiger partial charge is 0.329 e. The third-order valence-electron chi connectivity index (χ3n) is 4.27. The van der Waals surface area contributed by atoms with E-state index in [2.05, 4.69) is 74.3 Å². The quantitative estimate of drug-likeness (QED) is 0.879. The number of benzene rings is 2. The second-order valence-electron chi connectivity index (χ2n) is 5.81. The molecule has 0 radical (unpaired) electrons. The number of hydrogen-bond acceptors (Lipinski definition) is 2. The van der Waals surface area contributed by atoms with Gasteiger partial charge in [-0.2, -0.15) is 0 Å². The monoisotopic (exact) mass is 282 g/mol. The van der Waals surface area contributed by atoms with Gasteiger partial charge in [0.25, 0.3) is 0 Å². The van der Waals surface area contributed by atoms with Gasteiger partial charge < -0.3 is 5.73 Å². The zero-order chi connectivity index (χ0) is 15.2. The lowest BCUT2D eigenvalue weighted by molar-refractivity contribution is 0.253. The van der Waals surface area contributed by atoms with Gasteiger partial charge in [0, 0.05) is 19.1 Å². The molecule has 0 aromatic heterocycles. The summed E-state index contributed by atoms with van der Waals surface area (Å²) < 4.78 is 0. The van der Waals surface area contributed by atoms with E-state index in [-0.39, 0.29) is 6.04 Å². The molecule has 2 aromatic carbocycles. The molecule has 0 bridgehead atoms. The number of aryl methyl sites for hydroxylation is 2. The maximum atomic E-state index is 6.02. The minimum Gasteiger partial charge on any atom is -0.329 e. The van der Waals surface area contributed by atoms with Crippen molar-refractivity contribution in [2.24, 2.45) is 5.73 Å². The normalized spacial score (nSPS) is 12.6. The van der Waals surface area contributed by atoms with E-state index in [0.717, 1.165) is 13.0 Å². The minimum atomic E-state index is 0.285. The van der Waals surface area contributed by atoms with E-state index in [1.54, 1.807) is 0 Å². The van der Waals surface area contributed by atoms with Crippen molar-refractivity contribution in [1.29, 1.82) is 0 Å². The third-order valence-corrected chi connectivity index (χ3v) is 4.27. The molecule has 2 heteroatoms. The highest BCUT2D eigenvalue weighted by atomic mass is 15.1. The Morgan fingerprint density at radius 1 is 1.00 bits per heavy atom. The van der Waals surface area contributed by atoms with Crippen molar-refractivity contribution in [1.82, 2.24) is 4.90 Å². The number of nitrogens with two attached hydrogens (primary N) is 1. The first-order chi connectivity index (χ1) is 10.1. The fourth-order valence-corrected chi connectivity index (χ4v) is 2.65. The van der Waals surface area contributed by atoms with Gasteiger partial charge in [0.1, 0.15) is 0 Å². The molecule has 0 heterocycles. The van der Waals surface area contributed by atoms with Crippen LogP contribution in [0.2, 0.25) is 0 Å². The first-order valence-electron chi connectivity index (χ1n) is 7.63. The van der Waals surface area contributed by atoms with Crippen LogP contribution in [0.4, 0.5) is 0 Å². The molecule has 1 atom stereocenters. The second-order valence-corrected chi connectivity index (χ2v) is 5.81. The number of hydrogen-bond donors (Lipinski definition) is 1. The Kier molecular flexibility index (Phi) is 5.54. The maximum absolute atomic E-state index is 6.02. The van der Waals surface area contributed by atoms with Gasteiger partial charge >= 0.3 is 0 Å². The minimum absolute atomic E-state index is 0.285. The molecule has 2 aromatic rings. The predicted molar refractivity (Wildman–Crippen MR) is 90.5 cm³/mol. The Hall–Kier alpha value is -1.64. The maximum Gasteiger partial charge on any atom is 0.0467 e. The van der Waals surface area contributed by atoms with Crippen LogP contribution in [-0.4, -0.2) is 25.0 Å². The van der Waals surface area contributed by atoms with Crippen LogP contribution in [0.5, 0.6) is 0 Å². The lowest BCUT2D eigenvalue weighted by Gasteiger charge is -2.28. The molecule has 2 rings (SSSR count). The third kappa shape index (κ3) is 4.16. The van der Waals surface area contributed by atoms with E-state index in [1.165, 1.54) is 22.3 Å². The molecular formula is C19H26N2. The summed E-state index contributed by atoms with van der Waals surface area (Å²) >= 11 is 0. The number of rotatable bonds is 6. The van der Waals surface area contributed by atoms with E-state index >= 15 is 0 Å². The highest BCUT2D eigenvalue weighted by molar-refractivity contribution is 5.32. The Bertz CT molecular complexity index is 563. The fraction of sp³-hybridized carbons (Fsp3) is 0.368. The number of likely N-dealkylation sites (N-methyl/N-ethyl adjacent to an activating group) is 1. The van der Waals surface area contributed by atoms with Gasteiger partial charge in [-0.3, -0.25) is 4.90 Å². The predicted octanol–water partition coefficient (Wildman–Crippen LogP) is 3.48. The standard InChI is InChI=1S/C19H26N2/c1-15-9-10-18(13-16(15)2)19(14-20)21(3)12-11-17-7-5-4-6-8-17/h4-10,13,19H,11-12,14,20H2,1-3H3. The smallest absolute Gasteiger partial charge is 0.0467 e. The van der Waals surface area contributed by atoms with Crippen molar-refractivity contribution in [2.75, 3.05) is 20.1 Å². The summed E-state index contributed by atoms with van der Waals surface area (Å²) in [5.74, 6) is 0. The molecule has 0 amide bonds. The van der Waals surface area contributed by atoms with Gasteiger partial charge in [0.2, 0.25) is 0 Å². The zero-order valence-corrected chi connectivity index (χ0v) is 13.3. The topological polar surface area (TPSA) is 29.3 Å². The summed E-state index contributed by atoms with van der Waals surface area (Å²) in [5.41, 5.74) is 11.4. The van der Waals surface area contributed by atoms with Crippen LogP contribution in [-0.2, 0) is 6.42 Å². The Morgan fingerprint density at radius 2 is 1.71 bits per heavy atom. The van der Waals surface area contributed by atoms with Crippen LogP contribution < -0.4 is 5.73 Å². The molecule has 0 aliphatic carbocycles. The second kappa shape index (κ2) is 7.39. The number of nitrogens with zero attached hydrogens (tertiary/aromatic N) is 1. The summed E-state index contributed by atoms with van der Waals surface area (Å²) in [4.78, 5) is 2.36. The zero-order valence-electron chi connectivity index (χ0n) is 13.3. The summed E-state index contributed by atoms with van der Waals surface area (Å²) in [6, 6.07) is 17.6. The van der Waals surface area contributed by atoms with E-state index < -0.39 is 0 Å². The highest BCUT2D eigenvalue weighted by Crippen LogP contribution is 2.21. The van der Waals surface area contributed by atoms with Crippen LogP contribution in [0.25, 0.3) is 0 Å². The molecule has 2 N–H and O–H groups in total. The van der Waals surface area contributed by atoms with Crippen molar-refractivity contribution in [3.63, 3.8) is 0 Å². The molecule has 1 unspecified atom stereocenters. The SMILES string of the molecule is Cc1ccc(C(CN)N(C)CCc2ccccc2)cc1C. The van der Waals surface area contributed by atoms with Gasteiger partial charge in [-0.15, -0.1) is 0 Å². The summed E-state index contributed by atoms with van der Waals surface area (Å²) in [7, 11) is 2.16. The molecule has 0 fully saturated rings. The first kappa shape index (κ1) is 15.7. The van der Waals surface area contributed by atoms with Gasteiger partial charge in [-0.05, 0) is 49.6 Å². The molecule has 0 saturated carbocycles. The molecule has 112 valence electrons. The van der Waals surface area contributed by atoms with Crippen LogP contribution >= 0.6 is 0 Å².